The Labute approximate surface area is 207 Å². The minimum atomic E-state index is -2.65. The number of piperidine rings is 1. The van der Waals surface area contributed by atoms with Crippen LogP contribution < -0.4 is 20.1 Å². The molecule has 0 radical (unpaired) electrons. The number of alkyl halides is 2. The smallest absolute Gasteiger partial charge is 0.251 e. The van der Waals surface area contributed by atoms with Gasteiger partial charge in [-0.3, -0.25) is 4.99 Å². The molecule has 10 heteroatoms. The topological polar surface area (TPSA) is 78.5 Å². The molecular weight excluding hydrogens is 475 g/mol. The minimum Gasteiger partial charge on any atom is -0.493 e. The van der Waals surface area contributed by atoms with Gasteiger partial charge in [-0.25, -0.2) is 13.2 Å². The molecule has 0 unspecified atom stereocenters. The lowest BCUT2D eigenvalue weighted by atomic mass is 9.80. The summed E-state index contributed by atoms with van der Waals surface area (Å²) in [7, 11) is 0. The van der Waals surface area contributed by atoms with Gasteiger partial charge >= 0.3 is 0 Å². The van der Waals surface area contributed by atoms with Crippen molar-refractivity contribution in [3.05, 3.63) is 47.3 Å². The molecule has 0 aliphatic carbocycles. The van der Waals surface area contributed by atoms with Crippen LogP contribution in [-0.2, 0) is 15.0 Å². The molecule has 4 aliphatic rings. The zero-order valence-corrected chi connectivity index (χ0v) is 20.0. The molecule has 1 atom stereocenters. The number of anilines is 1. The first-order valence-electron chi connectivity index (χ1n) is 12.1. The van der Waals surface area contributed by atoms with E-state index in [2.05, 4.69) is 0 Å². The highest BCUT2D eigenvalue weighted by Gasteiger charge is 2.47. The lowest BCUT2D eigenvalue weighted by Gasteiger charge is -2.41. The van der Waals surface area contributed by atoms with Crippen LogP contribution in [0.3, 0.4) is 0 Å². The SMILES string of the molecule is CC1(COc2cc(F)c3c(c2)[C@]2(COCC(N)=N2)c2cc(N4CCC(F)(F)CC4)ccc2O3)COC1. The van der Waals surface area contributed by atoms with Gasteiger partial charge in [0.05, 0.1) is 26.4 Å². The Kier molecular flexibility index (Phi) is 5.38. The van der Waals surface area contributed by atoms with Crippen molar-refractivity contribution in [2.24, 2.45) is 16.1 Å². The van der Waals surface area contributed by atoms with Gasteiger partial charge in [0.2, 0.25) is 0 Å². The maximum atomic E-state index is 15.4. The van der Waals surface area contributed by atoms with Crippen LogP contribution in [0.2, 0.25) is 0 Å². The van der Waals surface area contributed by atoms with E-state index in [-0.39, 0.29) is 56.1 Å². The van der Waals surface area contributed by atoms with Crippen molar-refractivity contribution < 1.29 is 32.1 Å². The van der Waals surface area contributed by atoms with Crippen molar-refractivity contribution in [2.75, 3.05) is 51.0 Å². The van der Waals surface area contributed by atoms with E-state index < -0.39 is 17.3 Å². The zero-order valence-electron chi connectivity index (χ0n) is 20.0. The summed E-state index contributed by atoms with van der Waals surface area (Å²) in [4.78, 5) is 6.71. The average molecular weight is 504 g/mol. The maximum absolute atomic E-state index is 15.4. The highest BCUT2D eigenvalue weighted by Crippen LogP contribution is 2.53. The number of hydrogen-bond donors (Lipinski definition) is 1. The fraction of sp³-hybridized carbons (Fsp3) is 0.500. The fourth-order valence-corrected chi connectivity index (χ4v) is 5.22. The molecule has 4 heterocycles. The zero-order chi connectivity index (χ0) is 25.1. The van der Waals surface area contributed by atoms with E-state index in [0.29, 0.717) is 42.4 Å². The van der Waals surface area contributed by atoms with Gasteiger partial charge in [-0.1, -0.05) is 6.92 Å². The Balaban J connectivity index is 1.41. The van der Waals surface area contributed by atoms with Crippen LogP contribution in [0.4, 0.5) is 18.9 Å². The Bertz CT molecular complexity index is 1220. The first-order chi connectivity index (χ1) is 17.2. The molecule has 4 aliphatic heterocycles. The van der Waals surface area contributed by atoms with Crippen molar-refractivity contribution >= 4 is 11.5 Å². The summed E-state index contributed by atoms with van der Waals surface area (Å²) in [6, 6.07) is 8.42. The second-order valence-corrected chi connectivity index (χ2v) is 10.5. The third kappa shape index (κ3) is 3.96. The van der Waals surface area contributed by atoms with Crippen molar-refractivity contribution in [2.45, 2.75) is 31.2 Å². The van der Waals surface area contributed by atoms with E-state index in [0.717, 1.165) is 5.69 Å². The van der Waals surface area contributed by atoms with Crippen LogP contribution in [0.15, 0.2) is 35.3 Å². The first kappa shape index (κ1) is 23.4. The molecule has 192 valence electrons. The summed E-state index contributed by atoms with van der Waals surface area (Å²) in [6.07, 6.45) is -0.419. The number of fused-ring (bicyclic) bond motifs is 4. The monoisotopic (exact) mass is 503 g/mol. The fourth-order valence-electron chi connectivity index (χ4n) is 5.22. The van der Waals surface area contributed by atoms with Crippen molar-refractivity contribution in [1.82, 2.24) is 0 Å². The van der Waals surface area contributed by atoms with Gasteiger partial charge in [0.15, 0.2) is 11.6 Å². The van der Waals surface area contributed by atoms with Gasteiger partial charge in [0.25, 0.3) is 5.92 Å². The van der Waals surface area contributed by atoms with E-state index in [1.165, 1.54) is 6.07 Å². The number of halogens is 3. The summed E-state index contributed by atoms with van der Waals surface area (Å²) < 4.78 is 66.0. The molecule has 36 heavy (non-hydrogen) atoms. The molecule has 2 saturated heterocycles. The summed E-state index contributed by atoms with van der Waals surface area (Å²) >= 11 is 0. The minimum absolute atomic E-state index is 0.0421. The molecular formula is C26H28F3N3O4. The van der Waals surface area contributed by atoms with E-state index in [9.17, 15) is 8.78 Å². The molecule has 2 N–H and O–H groups in total. The van der Waals surface area contributed by atoms with Crippen molar-refractivity contribution in [3.8, 4) is 17.2 Å². The Hall–Kier alpha value is -2.98. The van der Waals surface area contributed by atoms with E-state index in [1.807, 2.05) is 17.9 Å². The summed E-state index contributed by atoms with van der Waals surface area (Å²) in [5, 5.41) is 0. The van der Waals surface area contributed by atoms with Crippen molar-refractivity contribution in [3.63, 3.8) is 0 Å². The van der Waals surface area contributed by atoms with Gasteiger partial charge in [0, 0.05) is 54.2 Å². The van der Waals surface area contributed by atoms with Gasteiger partial charge in [-0.15, -0.1) is 0 Å². The lowest BCUT2D eigenvalue weighted by molar-refractivity contribution is -0.120. The quantitative estimate of drug-likeness (QED) is 0.674. The number of aliphatic imine (C=N–C) groups is 1. The van der Waals surface area contributed by atoms with Crippen LogP contribution in [-0.4, -0.2) is 57.9 Å². The molecule has 0 amide bonds. The first-order valence-corrected chi connectivity index (χ1v) is 12.1. The standard InChI is InChI=1S/C26H28F3N3O4/c1-24(12-34-13-24)14-35-17-9-19-23(20(27)10-17)36-21-3-2-16(32-6-4-25(28,29)5-7-32)8-18(21)26(19)15-33-11-22(30)31-26/h2-3,8-10H,4-7,11-15H2,1H3,(H2,30,31)/t26-/m0/s1. The molecule has 6 rings (SSSR count). The number of hydrogen-bond acceptors (Lipinski definition) is 7. The third-order valence-electron chi connectivity index (χ3n) is 7.33. The van der Waals surface area contributed by atoms with Gasteiger partial charge in [0.1, 0.15) is 29.5 Å². The van der Waals surface area contributed by atoms with E-state index in [4.69, 9.17) is 29.7 Å². The number of amidine groups is 1. The molecule has 7 nitrogen and oxygen atoms in total. The van der Waals surface area contributed by atoms with Crippen molar-refractivity contribution in [1.29, 1.82) is 0 Å². The van der Waals surface area contributed by atoms with Gasteiger partial charge in [-0.2, -0.15) is 0 Å². The number of rotatable bonds is 4. The molecule has 0 saturated carbocycles. The highest BCUT2D eigenvalue weighted by atomic mass is 19.3. The Morgan fingerprint density at radius 1 is 1.06 bits per heavy atom. The van der Waals surface area contributed by atoms with Gasteiger partial charge < -0.3 is 29.6 Å². The average Bonchev–Trinajstić information content (AvgIpc) is 2.82. The number of benzene rings is 2. The van der Waals surface area contributed by atoms with Crippen LogP contribution in [0.25, 0.3) is 0 Å². The second-order valence-electron chi connectivity index (χ2n) is 10.5. The highest BCUT2D eigenvalue weighted by molar-refractivity contribution is 5.84. The summed E-state index contributed by atoms with van der Waals surface area (Å²) in [5.41, 5.74) is 6.71. The van der Waals surface area contributed by atoms with E-state index >= 15 is 4.39 Å². The molecule has 2 fully saturated rings. The second kappa shape index (κ2) is 8.27. The molecule has 0 bridgehead atoms. The molecule has 2 aromatic carbocycles. The summed E-state index contributed by atoms with van der Waals surface area (Å²) in [5.74, 6) is -2.15. The van der Waals surface area contributed by atoms with Crippen LogP contribution in [0, 0.1) is 11.2 Å². The third-order valence-corrected chi connectivity index (χ3v) is 7.33. The lowest BCUT2D eigenvalue weighted by Crippen LogP contribution is -2.44. The molecule has 1 spiro atoms. The normalized spacial score (nSPS) is 25.8. The van der Waals surface area contributed by atoms with Crippen LogP contribution in [0.5, 0.6) is 17.2 Å². The predicted octanol–water partition coefficient (Wildman–Crippen LogP) is 4.21. The Morgan fingerprint density at radius 3 is 2.53 bits per heavy atom. The largest absolute Gasteiger partial charge is 0.493 e. The Morgan fingerprint density at radius 2 is 1.83 bits per heavy atom. The number of ether oxygens (including phenoxy) is 4. The number of nitrogens with zero attached hydrogens (tertiary/aromatic N) is 2. The maximum Gasteiger partial charge on any atom is 0.251 e. The van der Waals surface area contributed by atoms with Crippen LogP contribution >= 0.6 is 0 Å². The molecule has 2 aromatic rings. The van der Waals surface area contributed by atoms with Crippen LogP contribution in [0.1, 0.15) is 30.9 Å². The van der Waals surface area contributed by atoms with Gasteiger partial charge in [-0.05, 0) is 24.3 Å². The predicted molar refractivity (Wildman–Crippen MR) is 127 cm³/mol. The van der Waals surface area contributed by atoms with E-state index in [1.54, 1.807) is 18.2 Å². The number of nitrogens with two attached hydrogens (primary N) is 1. The summed E-state index contributed by atoms with van der Waals surface area (Å²) in [6.45, 7) is 4.32. The molecule has 0 aromatic heterocycles.